The topological polar surface area (TPSA) is 74.9 Å². The lowest BCUT2D eigenvalue weighted by molar-refractivity contribution is -0.161. The lowest BCUT2D eigenvalue weighted by Crippen LogP contribution is -2.56. The van der Waals surface area contributed by atoms with E-state index in [-0.39, 0.29) is 23.8 Å². The smallest absolute Gasteiger partial charge is 0.242 e. The lowest BCUT2D eigenvalue weighted by Gasteiger charge is -2.56. The van der Waals surface area contributed by atoms with Gasteiger partial charge in [-0.2, -0.15) is 0 Å². The van der Waals surface area contributed by atoms with Gasteiger partial charge in [-0.3, -0.25) is 9.59 Å². The molecule has 218 valence electrons. The summed E-state index contributed by atoms with van der Waals surface area (Å²) in [4.78, 5) is 35.5. The second-order valence-corrected chi connectivity index (χ2v) is 12.7. The predicted octanol–water partition coefficient (Wildman–Crippen LogP) is 5.44. The van der Waals surface area contributed by atoms with Gasteiger partial charge < -0.3 is 24.3 Å². The molecule has 0 atom stereocenters. The van der Waals surface area contributed by atoms with Gasteiger partial charge in [0.05, 0.1) is 25.7 Å². The summed E-state index contributed by atoms with van der Waals surface area (Å²) in [5.41, 5.74) is 2.94. The van der Waals surface area contributed by atoms with E-state index < -0.39 is 0 Å². The number of hydrogen-bond acceptors (Lipinski definition) is 4. The van der Waals surface area contributed by atoms with E-state index in [1.807, 2.05) is 52.4 Å². The van der Waals surface area contributed by atoms with Crippen LogP contribution >= 0.6 is 0 Å². The van der Waals surface area contributed by atoms with Crippen LogP contribution < -0.4 is 4.74 Å². The summed E-state index contributed by atoms with van der Waals surface area (Å²) >= 11 is 0. The molecule has 0 spiro atoms. The van der Waals surface area contributed by atoms with Gasteiger partial charge in [0, 0.05) is 49.4 Å². The highest BCUT2D eigenvalue weighted by molar-refractivity contribution is 5.88. The molecule has 0 radical (unpaired) electrons. The van der Waals surface area contributed by atoms with Crippen LogP contribution in [0, 0.1) is 23.2 Å². The Kier molecular flexibility index (Phi) is 8.07. The van der Waals surface area contributed by atoms with Gasteiger partial charge in [-0.25, -0.2) is 0 Å². The first kappa shape index (κ1) is 27.8. The van der Waals surface area contributed by atoms with Gasteiger partial charge in [0.2, 0.25) is 11.8 Å². The molecular weight excluding hydrogens is 514 g/mol. The van der Waals surface area contributed by atoms with Crippen LogP contribution in [0.4, 0.5) is 0 Å². The van der Waals surface area contributed by atoms with E-state index in [0.29, 0.717) is 50.4 Å². The van der Waals surface area contributed by atoms with Crippen LogP contribution in [0.2, 0.25) is 0 Å². The van der Waals surface area contributed by atoms with Gasteiger partial charge in [0.1, 0.15) is 5.75 Å². The van der Waals surface area contributed by atoms with Crippen LogP contribution in [0.3, 0.4) is 0 Å². The number of nitrogens with zero attached hydrogens (tertiary/aromatic N) is 2. The predicted molar refractivity (Wildman–Crippen MR) is 159 cm³/mol. The van der Waals surface area contributed by atoms with Gasteiger partial charge in [0.25, 0.3) is 0 Å². The SMILES string of the molecule is COCCN(CC(=O)N(CCc1c[nH]c2ccccc12)Cc1ccccc1OC)C(=O)C12CC3CC(CC(C3)C1)C2. The molecule has 2 amide bonds. The second kappa shape index (κ2) is 11.9. The van der Waals surface area contributed by atoms with Crippen molar-refractivity contribution in [1.82, 2.24) is 14.8 Å². The largest absolute Gasteiger partial charge is 0.496 e. The fourth-order valence-electron chi connectivity index (χ4n) is 8.35. The molecule has 4 saturated carbocycles. The van der Waals surface area contributed by atoms with Gasteiger partial charge in [-0.05, 0) is 80.4 Å². The molecule has 2 aromatic carbocycles. The molecule has 4 aliphatic carbocycles. The summed E-state index contributed by atoms with van der Waals surface area (Å²) < 4.78 is 11.0. The molecule has 1 heterocycles. The number of amides is 2. The first-order valence-electron chi connectivity index (χ1n) is 15.2. The fourth-order valence-corrected chi connectivity index (χ4v) is 8.35. The zero-order valence-electron chi connectivity index (χ0n) is 24.4. The van der Waals surface area contributed by atoms with Crippen LogP contribution in [0.1, 0.15) is 49.7 Å². The fraction of sp³-hybridized carbons (Fsp3) is 0.529. The maximum absolute atomic E-state index is 14.3. The van der Waals surface area contributed by atoms with Gasteiger partial charge in [0.15, 0.2) is 0 Å². The Bertz CT molecular complexity index is 1350. The number of nitrogens with one attached hydrogen (secondary N) is 1. The van der Waals surface area contributed by atoms with Crippen LogP contribution in [0.15, 0.2) is 54.7 Å². The maximum atomic E-state index is 14.3. The Hall–Kier alpha value is -3.32. The minimum Gasteiger partial charge on any atom is -0.496 e. The summed E-state index contributed by atoms with van der Waals surface area (Å²) in [6.07, 6.45) is 9.56. The second-order valence-electron chi connectivity index (χ2n) is 12.7. The molecule has 7 rings (SSSR count). The van der Waals surface area contributed by atoms with E-state index in [1.54, 1.807) is 14.2 Å². The molecule has 1 aromatic heterocycles. The summed E-state index contributed by atoms with van der Waals surface area (Å²) in [6.45, 7) is 1.91. The number of carbonyl (C=O) groups is 2. The normalized spacial score (nSPS) is 24.5. The van der Waals surface area contributed by atoms with Crippen LogP contribution in [-0.2, 0) is 27.3 Å². The Morgan fingerprint density at radius 2 is 1.56 bits per heavy atom. The Labute approximate surface area is 243 Å². The molecule has 0 saturated heterocycles. The number of ether oxygens (including phenoxy) is 2. The van der Waals surface area contributed by atoms with E-state index >= 15 is 0 Å². The zero-order valence-corrected chi connectivity index (χ0v) is 24.4. The molecule has 7 heteroatoms. The van der Waals surface area contributed by atoms with Crippen molar-refractivity contribution in [3.05, 3.63) is 65.9 Å². The Balaban J connectivity index is 1.23. The van der Waals surface area contributed by atoms with Crippen molar-refractivity contribution in [3.63, 3.8) is 0 Å². The van der Waals surface area contributed by atoms with Crippen molar-refractivity contribution in [2.45, 2.75) is 51.5 Å². The molecule has 4 aliphatic rings. The number of aromatic nitrogens is 1. The highest BCUT2D eigenvalue weighted by atomic mass is 16.5. The van der Waals surface area contributed by atoms with Crippen molar-refractivity contribution >= 4 is 22.7 Å². The summed E-state index contributed by atoms with van der Waals surface area (Å²) in [6, 6.07) is 16.1. The summed E-state index contributed by atoms with van der Waals surface area (Å²) in [7, 11) is 3.32. The standard InChI is InChI=1S/C34H43N3O4/c1-40-14-13-37(33(39)34-18-24-15-25(19-34)17-26(16-24)20-34)23-32(38)36(22-28-7-3-6-10-31(28)41-2)12-11-27-21-35-30-9-5-4-8-29(27)30/h3-10,21,24-26,35H,11-20,22-23H2,1-2H3. The third-order valence-corrected chi connectivity index (χ3v) is 9.90. The number of H-pyrrole nitrogens is 1. The molecule has 1 N–H and O–H groups in total. The van der Waals surface area contributed by atoms with Crippen molar-refractivity contribution in [1.29, 1.82) is 0 Å². The Morgan fingerprint density at radius 1 is 0.878 bits per heavy atom. The third kappa shape index (κ3) is 5.74. The van der Waals surface area contributed by atoms with Gasteiger partial charge in [-0.15, -0.1) is 0 Å². The van der Waals surface area contributed by atoms with E-state index in [4.69, 9.17) is 9.47 Å². The van der Waals surface area contributed by atoms with Crippen molar-refractivity contribution in [2.75, 3.05) is 40.5 Å². The minimum atomic E-state index is -0.291. The maximum Gasteiger partial charge on any atom is 0.242 e. The highest BCUT2D eigenvalue weighted by Crippen LogP contribution is 2.60. The van der Waals surface area contributed by atoms with Crippen LogP contribution in [0.25, 0.3) is 10.9 Å². The molecular formula is C34H43N3O4. The number of rotatable bonds is 12. The molecule has 41 heavy (non-hydrogen) atoms. The van der Waals surface area contributed by atoms with E-state index in [2.05, 4.69) is 17.1 Å². The molecule has 0 aliphatic heterocycles. The molecule has 7 nitrogen and oxygen atoms in total. The van der Waals surface area contributed by atoms with Gasteiger partial charge in [-0.1, -0.05) is 36.4 Å². The van der Waals surface area contributed by atoms with E-state index in [1.165, 1.54) is 30.2 Å². The zero-order chi connectivity index (χ0) is 28.4. The molecule has 0 unspecified atom stereocenters. The number of aromatic amines is 1. The van der Waals surface area contributed by atoms with Crippen molar-refractivity contribution < 1.29 is 19.1 Å². The van der Waals surface area contributed by atoms with Crippen molar-refractivity contribution in [3.8, 4) is 5.75 Å². The number of carbonyl (C=O) groups excluding carboxylic acids is 2. The Morgan fingerprint density at radius 3 is 2.27 bits per heavy atom. The van der Waals surface area contributed by atoms with E-state index in [0.717, 1.165) is 36.1 Å². The average molecular weight is 558 g/mol. The van der Waals surface area contributed by atoms with Gasteiger partial charge >= 0.3 is 0 Å². The number of methoxy groups -OCH3 is 2. The minimum absolute atomic E-state index is 0.0371. The molecule has 4 fully saturated rings. The average Bonchev–Trinajstić information content (AvgIpc) is 3.39. The number of hydrogen-bond donors (Lipinski definition) is 1. The lowest BCUT2D eigenvalue weighted by atomic mass is 9.49. The number of para-hydroxylation sites is 2. The highest BCUT2D eigenvalue weighted by Gasteiger charge is 2.55. The van der Waals surface area contributed by atoms with Crippen molar-refractivity contribution in [2.24, 2.45) is 23.2 Å². The number of benzene rings is 2. The van der Waals surface area contributed by atoms with E-state index in [9.17, 15) is 9.59 Å². The quantitative estimate of drug-likeness (QED) is 0.322. The number of fused-ring (bicyclic) bond motifs is 1. The monoisotopic (exact) mass is 557 g/mol. The summed E-state index contributed by atoms with van der Waals surface area (Å²) in [5.74, 6) is 2.91. The first-order chi connectivity index (χ1) is 20.0. The molecule has 3 aromatic rings. The van der Waals surface area contributed by atoms with Crippen LogP contribution in [0.5, 0.6) is 5.75 Å². The molecule has 4 bridgehead atoms. The third-order valence-electron chi connectivity index (χ3n) is 9.90. The first-order valence-corrected chi connectivity index (χ1v) is 15.2. The van der Waals surface area contributed by atoms with Crippen LogP contribution in [-0.4, -0.2) is 67.1 Å². The summed E-state index contributed by atoms with van der Waals surface area (Å²) in [5, 5.41) is 1.18.